The first-order chi connectivity index (χ1) is 14.5. The summed E-state index contributed by atoms with van der Waals surface area (Å²) in [6, 6.07) is 17.4. The van der Waals surface area contributed by atoms with Gasteiger partial charge in [-0.2, -0.15) is 0 Å². The standard InChI is InChI=1S/C24H23N3O3/c1-4-27(15-21-6-5-13-29-21)24(28)19-11-9-18(10-12-19)22-14-20(8-7-16(22)2)23-26-25-17(3)30-23/h5-14H,4,15H2,1-3H3. The molecule has 4 aromatic rings. The number of aromatic nitrogens is 2. The normalized spacial score (nSPS) is 10.9. The third-order valence-electron chi connectivity index (χ3n) is 5.05. The van der Waals surface area contributed by atoms with Crippen LogP contribution in [0.25, 0.3) is 22.6 Å². The second-order valence-corrected chi connectivity index (χ2v) is 7.13. The molecule has 30 heavy (non-hydrogen) atoms. The first kappa shape index (κ1) is 19.6. The average Bonchev–Trinajstić information content (AvgIpc) is 3.44. The highest BCUT2D eigenvalue weighted by Gasteiger charge is 2.16. The van der Waals surface area contributed by atoms with Crippen molar-refractivity contribution in [2.24, 2.45) is 0 Å². The van der Waals surface area contributed by atoms with Gasteiger partial charge in [-0.25, -0.2) is 0 Å². The first-order valence-electron chi connectivity index (χ1n) is 9.88. The minimum Gasteiger partial charge on any atom is -0.467 e. The van der Waals surface area contributed by atoms with Gasteiger partial charge >= 0.3 is 0 Å². The van der Waals surface area contributed by atoms with Gasteiger partial charge in [-0.3, -0.25) is 4.79 Å². The van der Waals surface area contributed by atoms with Gasteiger partial charge in [-0.05, 0) is 66.9 Å². The Hall–Kier alpha value is -3.67. The molecule has 4 rings (SSSR count). The molecule has 2 aromatic heterocycles. The van der Waals surface area contributed by atoms with Gasteiger partial charge in [0, 0.05) is 24.6 Å². The monoisotopic (exact) mass is 401 g/mol. The highest BCUT2D eigenvalue weighted by molar-refractivity contribution is 5.94. The molecule has 1 amide bonds. The fourth-order valence-corrected chi connectivity index (χ4v) is 3.37. The van der Waals surface area contributed by atoms with Crippen molar-refractivity contribution in [3.8, 4) is 22.6 Å². The Bertz CT molecular complexity index is 1140. The number of benzene rings is 2. The maximum absolute atomic E-state index is 12.9. The molecular formula is C24H23N3O3. The third kappa shape index (κ3) is 4.03. The summed E-state index contributed by atoms with van der Waals surface area (Å²) in [7, 11) is 0. The van der Waals surface area contributed by atoms with E-state index in [1.165, 1.54) is 0 Å². The van der Waals surface area contributed by atoms with E-state index in [0.717, 1.165) is 28.0 Å². The summed E-state index contributed by atoms with van der Waals surface area (Å²) < 4.78 is 10.9. The van der Waals surface area contributed by atoms with Crippen molar-refractivity contribution < 1.29 is 13.6 Å². The molecule has 0 saturated heterocycles. The average molecular weight is 401 g/mol. The maximum Gasteiger partial charge on any atom is 0.254 e. The predicted molar refractivity (Wildman–Crippen MR) is 114 cm³/mol. The van der Waals surface area contributed by atoms with E-state index < -0.39 is 0 Å². The Morgan fingerprint density at radius 3 is 2.40 bits per heavy atom. The Morgan fingerprint density at radius 1 is 1.00 bits per heavy atom. The fraction of sp³-hybridized carbons (Fsp3) is 0.208. The zero-order chi connectivity index (χ0) is 21.1. The lowest BCUT2D eigenvalue weighted by molar-refractivity contribution is 0.0741. The second-order valence-electron chi connectivity index (χ2n) is 7.13. The van der Waals surface area contributed by atoms with Crippen molar-refractivity contribution in [1.82, 2.24) is 15.1 Å². The molecule has 0 aliphatic carbocycles. The van der Waals surface area contributed by atoms with Crippen LogP contribution in [0.15, 0.2) is 69.7 Å². The molecule has 0 N–H and O–H groups in total. The Kier molecular flexibility index (Phi) is 5.48. The summed E-state index contributed by atoms with van der Waals surface area (Å²) in [4.78, 5) is 14.7. The van der Waals surface area contributed by atoms with E-state index >= 15 is 0 Å². The minimum atomic E-state index is -0.0211. The van der Waals surface area contributed by atoms with Gasteiger partial charge in [-0.1, -0.05) is 18.2 Å². The quantitative estimate of drug-likeness (QED) is 0.440. The number of nitrogens with zero attached hydrogens (tertiary/aromatic N) is 3. The molecule has 152 valence electrons. The number of carbonyl (C=O) groups is 1. The van der Waals surface area contributed by atoms with Gasteiger partial charge in [0.2, 0.25) is 11.8 Å². The Morgan fingerprint density at radius 2 is 1.77 bits per heavy atom. The van der Waals surface area contributed by atoms with Crippen LogP contribution in [0, 0.1) is 13.8 Å². The van der Waals surface area contributed by atoms with Crippen LogP contribution in [0.5, 0.6) is 0 Å². The number of hydrogen-bond acceptors (Lipinski definition) is 5. The molecule has 0 fully saturated rings. The molecule has 0 radical (unpaired) electrons. The van der Waals surface area contributed by atoms with Crippen molar-refractivity contribution in [3.05, 3.63) is 83.6 Å². The van der Waals surface area contributed by atoms with Crippen LogP contribution in [0.3, 0.4) is 0 Å². The van der Waals surface area contributed by atoms with Gasteiger partial charge < -0.3 is 13.7 Å². The molecule has 2 aromatic carbocycles. The van der Waals surface area contributed by atoms with E-state index in [9.17, 15) is 4.79 Å². The van der Waals surface area contributed by atoms with Crippen molar-refractivity contribution in [2.75, 3.05) is 6.54 Å². The van der Waals surface area contributed by atoms with E-state index in [2.05, 4.69) is 17.1 Å². The Labute approximate surface area is 175 Å². The fourth-order valence-electron chi connectivity index (χ4n) is 3.37. The minimum absolute atomic E-state index is 0.0211. The number of aryl methyl sites for hydroxylation is 2. The molecule has 6 heteroatoms. The number of rotatable bonds is 6. The number of hydrogen-bond donors (Lipinski definition) is 0. The summed E-state index contributed by atoms with van der Waals surface area (Å²) in [5.41, 5.74) is 4.73. The van der Waals surface area contributed by atoms with E-state index in [0.29, 0.717) is 30.4 Å². The highest BCUT2D eigenvalue weighted by Crippen LogP contribution is 2.29. The summed E-state index contributed by atoms with van der Waals surface area (Å²) in [6.07, 6.45) is 1.62. The lowest BCUT2D eigenvalue weighted by Gasteiger charge is -2.20. The third-order valence-corrected chi connectivity index (χ3v) is 5.05. The van der Waals surface area contributed by atoms with Gasteiger partial charge in [0.05, 0.1) is 12.8 Å². The number of amides is 1. The lowest BCUT2D eigenvalue weighted by Crippen LogP contribution is -2.30. The van der Waals surface area contributed by atoms with Crippen LogP contribution in [-0.4, -0.2) is 27.5 Å². The molecule has 0 bridgehead atoms. The molecule has 0 saturated carbocycles. The van der Waals surface area contributed by atoms with Crippen LogP contribution in [-0.2, 0) is 6.54 Å². The van der Waals surface area contributed by atoms with Gasteiger partial charge in [0.1, 0.15) is 5.76 Å². The SMILES string of the molecule is CCN(Cc1ccco1)C(=O)c1ccc(-c2cc(-c3nnc(C)o3)ccc2C)cc1. The topological polar surface area (TPSA) is 72.4 Å². The molecule has 0 unspecified atom stereocenters. The summed E-state index contributed by atoms with van der Waals surface area (Å²) in [5.74, 6) is 1.78. The molecule has 6 nitrogen and oxygen atoms in total. The molecule has 0 aliphatic heterocycles. The molecule has 0 aliphatic rings. The molecule has 0 atom stereocenters. The summed E-state index contributed by atoms with van der Waals surface area (Å²) in [6.45, 7) is 6.84. The van der Waals surface area contributed by atoms with Gasteiger partial charge in [0.25, 0.3) is 5.91 Å². The Balaban J connectivity index is 1.58. The number of furan rings is 1. The van der Waals surface area contributed by atoms with E-state index in [-0.39, 0.29) is 5.91 Å². The van der Waals surface area contributed by atoms with Crippen LogP contribution in [0.4, 0.5) is 0 Å². The molecule has 0 spiro atoms. The second kappa shape index (κ2) is 8.37. The van der Waals surface area contributed by atoms with Crippen LogP contribution >= 0.6 is 0 Å². The summed E-state index contributed by atoms with van der Waals surface area (Å²) in [5, 5.41) is 8.01. The van der Waals surface area contributed by atoms with Gasteiger partial charge in [0.15, 0.2) is 0 Å². The molecular weight excluding hydrogens is 378 g/mol. The zero-order valence-corrected chi connectivity index (χ0v) is 17.3. The highest BCUT2D eigenvalue weighted by atomic mass is 16.4. The maximum atomic E-state index is 12.9. The van der Waals surface area contributed by atoms with Crippen LogP contribution in [0.2, 0.25) is 0 Å². The van der Waals surface area contributed by atoms with Crippen molar-refractivity contribution in [3.63, 3.8) is 0 Å². The zero-order valence-electron chi connectivity index (χ0n) is 17.3. The largest absolute Gasteiger partial charge is 0.467 e. The van der Waals surface area contributed by atoms with Gasteiger partial charge in [-0.15, -0.1) is 10.2 Å². The lowest BCUT2D eigenvalue weighted by atomic mass is 9.97. The van der Waals surface area contributed by atoms with E-state index in [1.54, 1.807) is 18.1 Å². The van der Waals surface area contributed by atoms with Crippen LogP contribution in [0.1, 0.15) is 34.5 Å². The first-order valence-corrected chi connectivity index (χ1v) is 9.88. The van der Waals surface area contributed by atoms with Crippen molar-refractivity contribution >= 4 is 5.91 Å². The van der Waals surface area contributed by atoms with E-state index in [1.807, 2.05) is 61.5 Å². The van der Waals surface area contributed by atoms with E-state index in [4.69, 9.17) is 8.83 Å². The van der Waals surface area contributed by atoms with Crippen molar-refractivity contribution in [1.29, 1.82) is 0 Å². The smallest absolute Gasteiger partial charge is 0.254 e. The molecule has 2 heterocycles. The summed E-state index contributed by atoms with van der Waals surface area (Å²) >= 11 is 0. The number of carbonyl (C=O) groups excluding carboxylic acids is 1. The predicted octanol–water partition coefficient (Wildman–Crippen LogP) is 5.28. The van der Waals surface area contributed by atoms with Crippen molar-refractivity contribution in [2.45, 2.75) is 27.3 Å². The van der Waals surface area contributed by atoms with Crippen LogP contribution < -0.4 is 0 Å².